The monoisotopic (exact) mass is 233 g/mol. The minimum atomic E-state index is -0.203. The number of anilines is 1. The third kappa shape index (κ3) is 2.75. The van der Waals surface area contributed by atoms with Gasteiger partial charge in [0.15, 0.2) is 0 Å². The van der Waals surface area contributed by atoms with Gasteiger partial charge in [0, 0.05) is 31.9 Å². The van der Waals surface area contributed by atoms with Gasteiger partial charge in [0.2, 0.25) is 0 Å². The average molecular weight is 233 g/mol. The molecule has 1 aromatic rings. The smallest absolute Gasteiger partial charge is 0.123 e. The van der Waals surface area contributed by atoms with E-state index in [9.17, 15) is 4.39 Å². The molecule has 1 aliphatic rings. The number of benzene rings is 1. The summed E-state index contributed by atoms with van der Waals surface area (Å²) in [6.07, 6.45) is 0. The first-order valence-electron chi connectivity index (χ1n) is 5.85. The molecule has 1 aromatic carbocycles. The standard InChI is InChI=1S/C13H16FN3/c1-11(10-15)16-6-8-17(9-7-16)13-4-2-12(14)3-5-13/h2-5,11H,6-9H2,1H3/t11-/m0/s1. The lowest BCUT2D eigenvalue weighted by molar-refractivity contribution is 0.231. The topological polar surface area (TPSA) is 30.3 Å². The minimum Gasteiger partial charge on any atom is -0.369 e. The molecule has 0 bridgehead atoms. The van der Waals surface area contributed by atoms with E-state index in [0.717, 1.165) is 31.9 Å². The molecule has 1 saturated heterocycles. The molecular weight excluding hydrogens is 217 g/mol. The van der Waals surface area contributed by atoms with Gasteiger partial charge in [0.25, 0.3) is 0 Å². The molecule has 0 saturated carbocycles. The van der Waals surface area contributed by atoms with Gasteiger partial charge in [0.1, 0.15) is 5.82 Å². The number of nitriles is 1. The molecule has 0 unspecified atom stereocenters. The van der Waals surface area contributed by atoms with Crippen LogP contribution >= 0.6 is 0 Å². The third-order valence-corrected chi connectivity index (χ3v) is 3.24. The molecule has 3 nitrogen and oxygen atoms in total. The van der Waals surface area contributed by atoms with Crippen molar-refractivity contribution < 1.29 is 4.39 Å². The van der Waals surface area contributed by atoms with Crippen molar-refractivity contribution in [2.75, 3.05) is 31.1 Å². The summed E-state index contributed by atoms with van der Waals surface area (Å²) in [4.78, 5) is 4.39. The lowest BCUT2D eigenvalue weighted by Crippen LogP contribution is -2.49. The van der Waals surface area contributed by atoms with Crippen molar-refractivity contribution in [1.82, 2.24) is 4.90 Å². The second-order valence-electron chi connectivity index (χ2n) is 4.30. The van der Waals surface area contributed by atoms with Gasteiger partial charge in [-0.05, 0) is 31.2 Å². The summed E-state index contributed by atoms with van der Waals surface area (Å²) < 4.78 is 12.8. The maximum absolute atomic E-state index is 12.8. The predicted molar refractivity (Wildman–Crippen MR) is 65.3 cm³/mol. The van der Waals surface area contributed by atoms with Crippen LogP contribution in [0, 0.1) is 17.1 Å². The van der Waals surface area contributed by atoms with Crippen LogP contribution < -0.4 is 4.90 Å². The molecule has 0 N–H and O–H groups in total. The molecule has 0 aromatic heterocycles. The Morgan fingerprint density at radius 3 is 2.29 bits per heavy atom. The fraction of sp³-hybridized carbons (Fsp3) is 0.462. The van der Waals surface area contributed by atoms with E-state index in [-0.39, 0.29) is 11.9 Å². The zero-order valence-electron chi connectivity index (χ0n) is 9.93. The van der Waals surface area contributed by atoms with Crippen molar-refractivity contribution in [3.8, 4) is 6.07 Å². The van der Waals surface area contributed by atoms with Crippen molar-refractivity contribution in [2.45, 2.75) is 13.0 Å². The van der Waals surface area contributed by atoms with Crippen molar-refractivity contribution in [1.29, 1.82) is 5.26 Å². The van der Waals surface area contributed by atoms with Gasteiger partial charge in [-0.25, -0.2) is 4.39 Å². The SMILES string of the molecule is C[C@@H](C#N)N1CCN(c2ccc(F)cc2)CC1. The molecule has 17 heavy (non-hydrogen) atoms. The van der Waals surface area contributed by atoms with Gasteiger partial charge in [0.05, 0.1) is 12.1 Å². The lowest BCUT2D eigenvalue weighted by Gasteiger charge is -2.37. The van der Waals surface area contributed by atoms with E-state index in [0.29, 0.717) is 0 Å². The first-order valence-corrected chi connectivity index (χ1v) is 5.85. The first kappa shape index (κ1) is 11.9. The number of rotatable bonds is 2. The fourth-order valence-electron chi connectivity index (χ4n) is 2.10. The number of halogens is 1. The molecular formula is C13H16FN3. The van der Waals surface area contributed by atoms with Crippen LogP contribution in [0.4, 0.5) is 10.1 Å². The summed E-state index contributed by atoms with van der Waals surface area (Å²) in [5, 5.41) is 8.85. The molecule has 1 atom stereocenters. The summed E-state index contributed by atoms with van der Waals surface area (Å²) in [7, 11) is 0. The molecule has 2 rings (SSSR count). The van der Waals surface area contributed by atoms with Crippen molar-refractivity contribution >= 4 is 5.69 Å². The maximum atomic E-state index is 12.8. The Kier molecular flexibility index (Phi) is 3.60. The number of hydrogen-bond donors (Lipinski definition) is 0. The van der Waals surface area contributed by atoms with Crippen LogP contribution in [0.5, 0.6) is 0 Å². The average Bonchev–Trinajstić information content (AvgIpc) is 2.39. The highest BCUT2D eigenvalue weighted by molar-refractivity contribution is 5.46. The van der Waals surface area contributed by atoms with Crippen molar-refractivity contribution in [2.24, 2.45) is 0 Å². The van der Waals surface area contributed by atoms with Crippen LogP contribution in [-0.4, -0.2) is 37.1 Å². The van der Waals surface area contributed by atoms with Crippen LogP contribution in [0.2, 0.25) is 0 Å². The second kappa shape index (κ2) is 5.15. The van der Waals surface area contributed by atoms with Gasteiger partial charge in [-0.1, -0.05) is 0 Å². The van der Waals surface area contributed by atoms with Crippen LogP contribution in [0.15, 0.2) is 24.3 Å². The second-order valence-corrected chi connectivity index (χ2v) is 4.30. The van der Waals surface area contributed by atoms with Gasteiger partial charge >= 0.3 is 0 Å². The molecule has 90 valence electrons. The van der Waals surface area contributed by atoms with Crippen LogP contribution in [-0.2, 0) is 0 Å². The Hall–Kier alpha value is -1.60. The Morgan fingerprint density at radius 2 is 1.76 bits per heavy atom. The molecule has 0 aliphatic carbocycles. The zero-order chi connectivity index (χ0) is 12.3. The van der Waals surface area contributed by atoms with E-state index in [1.165, 1.54) is 12.1 Å². The number of hydrogen-bond acceptors (Lipinski definition) is 3. The molecule has 1 fully saturated rings. The highest BCUT2D eigenvalue weighted by Gasteiger charge is 2.20. The van der Waals surface area contributed by atoms with Gasteiger partial charge in [-0.15, -0.1) is 0 Å². The first-order chi connectivity index (χ1) is 8.20. The summed E-state index contributed by atoms with van der Waals surface area (Å²) in [5.41, 5.74) is 1.05. The number of nitrogens with zero attached hydrogens (tertiary/aromatic N) is 3. The van der Waals surface area contributed by atoms with Crippen molar-refractivity contribution in [3.63, 3.8) is 0 Å². The normalized spacial score (nSPS) is 18.8. The van der Waals surface area contributed by atoms with E-state index in [1.54, 1.807) is 12.1 Å². The third-order valence-electron chi connectivity index (χ3n) is 3.24. The molecule has 0 amide bonds. The summed E-state index contributed by atoms with van der Waals surface area (Å²) in [6.45, 7) is 5.46. The quantitative estimate of drug-likeness (QED) is 0.781. The summed E-state index contributed by atoms with van der Waals surface area (Å²) in [5.74, 6) is -0.203. The maximum Gasteiger partial charge on any atom is 0.123 e. The largest absolute Gasteiger partial charge is 0.369 e. The predicted octanol–water partition coefficient (Wildman–Crippen LogP) is 1.86. The molecule has 1 aliphatic heterocycles. The summed E-state index contributed by atoms with van der Waals surface area (Å²) >= 11 is 0. The van der Waals surface area contributed by atoms with Gasteiger partial charge in [-0.2, -0.15) is 5.26 Å². The molecule has 4 heteroatoms. The molecule has 1 heterocycles. The van der Waals surface area contributed by atoms with E-state index < -0.39 is 0 Å². The zero-order valence-corrected chi connectivity index (χ0v) is 9.93. The Labute approximate surface area is 101 Å². The highest BCUT2D eigenvalue weighted by Crippen LogP contribution is 2.17. The highest BCUT2D eigenvalue weighted by atomic mass is 19.1. The van der Waals surface area contributed by atoms with Crippen LogP contribution in [0.25, 0.3) is 0 Å². The number of piperazine rings is 1. The van der Waals surface area contributed by atoms with E-state index in [2.05, 4.69) is 15.9 Å². The molecule has 0 radical (unpaired) electrons. The fourth-order valence-corrected chi connectivity index (χ4v) is 2.10. The van der Waals surface area contributed by atoms with E-state index in [1.807, 2.05) is 6.92 Å². The summed E-state index contributed by atoms with van der Waals surface area (Å²) in [6, 6.07) is 8.81. The minimum absolute atomic E-state index is 0.0228. The van der Waals surface area contributed by atoms with Crippen LogP contribution in [0.3, 0.4) is 0 Å². The Balaban J connectivity index is 1.95. The Morgan fingerprint density at radius 1 is 1.18 bits per heavy atom. The van der Waals surface area contributed by atoms with E-state index >= 15 is 0 Å². The van der Waals surface area contributed by atoms with Crippen molar-refractivity contribution in [3.05, 3.63) is 30.1 Å². The lowest BCUT2D eigenvalue weighted by atomic mass is 10.2. The molecule has 0 spiro atoms. The van der Waals surface area contributed by atoms with Crippen LogP contribution in [0.1, 0.15) is 6.92 Å². The van der Waals surface area contributed by atoms with Gasteiger partial charge in [-0.3, -0.25) is 4.90 Å². The van der Waals surface area contributed by atoms with E-state index in [4.69, 9.17) is 5.26 Å². The van der Waals surface area contributed by atoms with Gasteiger partial charge < -0.3 is 4.90 Å². The Bertz CT molecular complexity index is 402.